The predicted molar refractivity (Wildman–Crippen MR) is 64.7 cm³/mol. The van der Waals surface area contributed by atoms with Gasteiger partial charge in [-0.05, 0) is 31.4 Å². The number of hydrogen-bond donors (Lipinski definition) is 0. The SMILES string of the molecule is Cc1ccccc1N1C2CCC1CC(=O)C2. The first kappa shape index (κ1) is 9.88. The van der Waals surface area contributed by atoms with Crippen LogP contribution in [0.2, 0.25) is 0 Å². The van der Waals surface area contributed by atoms with Crippen LogP contribution in [-0.4, -0.2) is 17.9 Å². The molecule has 0 aromatic heterocycles. The maximum atomic E-state index is 11.6. The second-order valence-electron chi connectivity index (χ2n) is 5.03. The molecule has 0 aliphatic carbocycles. The molecule has 0 N–H and O–H groups in total. The summed E-state index contributed by atoms with van der Waals surface area (Å²) in [6, 6.07) is 9.45. The van der Waals surface area contributed by atoms with E-state index in [9.17, 15) is 4.79 Å². The smallest absolute Gasteiger partial charge is 0.137 e. The van der Waals surface area contributed by atoms with Gasteiger partial charge >= 0.3 is 0 Å². The molecule has 2 heterocycles. The molecule has 1 aromatic carbocycles. The van der Waals surface area contributed by atoms with Gasteiger partial charge in [-0.3, -0.25) is 4.79 Å². The van der Waals surface area contributed by atoms with Crippen molar-refractivity contribution in [1.82, 2.24) is 0 Å². The number of hydrogen-bond acceptors (Lipinski definition) is 2. The Hall–Kier alpha value is -1.31. The molecule has 2 nitrogen and oxygen atoms in total. The number of nitrogens with zero attached hydrogens (tertiary/aromatic N) is 1. The van der Waals surface area contributed by atoms with Crippen molar-refractivity contribution in [2.45, 2.75) is 44.7 Å². The Labute approximate surface area is 96.3 Å². The number of carbonyl (C=O) groups is 1. The minimum absolute atomic E-state index is 0.456. The van der Waals surface area contributed by atoms with Gasteiger partial charge in [-0.25, -0.2) is 0 Å². The molecule has 16 heavy (non-hydrogen) atoms. The summed E-state index contributed by atoms with van der Waals surface area (Å²) >= 11 is 0. The lowest BCUT2D eigenvalue weighted by molar-refractivity contribution is -0.120. The van der Waals surface area contributed by atoms with Gasteiger partial charge in [0.25, 0.3) is 0 Å². The number of Topliss-reactive ketones (excluding diaryl/α,β-unsaturated/α-hetero) is 1. The highest BCUT2D eigenvalue weighted by Gasteiger charge is 2.40. The summed E-state index contributed by atoms with van der Waals surface area (Å²) in [4.78, 5) is 14.1. The Balaban J connectivity index is 1.97. The molecule has 2 saturated heterocycles. The first-order valence-corrected chi connectivity index (χ1v) is 6.11. The molecule has 0 amide bonds. The molecule has 2 aliphatic rings. The first-order chi connectivity index (χ1) is 7.75. The van der Waals surface area contributed by atoms with E-state index >= 15 is 0 Å². The molecule has 0 saturated carbocycles. The lowest BCUT2D eigenvalue weighted by Gasteiger charge is -2.37. The van der Waals surface area contributed by atoms with Crippen LogP contribution in [0.3, 0.4) is 0 Å². The molecule has 0 spiro atoms. The van der Waals surface area contributed by atoms with Gasteiger partial charge in [-0.15, -0.1) is 0 Å². The van der Waals surface area contributed by atoms with Crippen LogP contribution in [0.4, 0.5) is 5.69 Å². The van der Waals surface area contributed by atoms with E-state index in [4.69, 9.17) is 0 Å². The number of aryl methyl sites for hydroxylation is 1. The van der Waals surface area contributed by atoms with E-state index in [1.165, 1.54) is 24.1 Å². The van der Waals surface area contributed by atoms with Crippen molar-refractivity contribution in [2.75, 3.05) is 4.90 Å². The summed E-state index contributed by atoms with van der Waals surface area (Å²) in [5, 5.41) is 0. The highest BCUT2D eigenvalue weighted by atomic mass is 16.1. The van der Waals surface area contributed by atoms with E-state index in [-0.39, 0.29) is 0 Å². The van der Waals surface area contributed by atoms with Crippen molar-refractivity contribution in [1.29, 1.82) is 0 Å². The van der Waals surface area contributed by atoms with E-state index < -0.39 is 0 Å². The van der Waals surface area contributed by atoms with Gasteiger partial charge in [0.05, 0.1) is 0 Å². The van der Waals surface area contributed by atoms with E-state index in [0.29, 0.717) is 17.9 Å². The summed E-state index contributed by atoms with van der Waals surface area (Å²) in [6.07, 6.45) is 3.88. The van der Waals surface area contributed by atoms with Crippen molar-refractivity contribution < 1.29 is 4.79 Å². The van der Waals surface area contributed by atoms with E-state index in [1.54, 1.807) is 0 Å². The number of fused-ring (bicyclic) bond motifs is 2. The van der Waals surface area contributed by atoms with E-state index in [1.807, 2.05) is 0 Å². The third-order valence-corrected chi connectivity index (χ3v) is 3.94. The van der Waals surface area contributed by atoms with Crippen LogP contribution in [0, 0.1) is 6.92 Å². The molecule has 0 radical (unpaired) electrons. The predicted octanol–water partition coefficient (Wildman–Crippen LogP) is 2.70. The zero-order chi connectivity index (χ0) is 11.1. The highest BCUT2D eigenvalue weighted by Crippen LogP contribution is 2.38. The van der Waals surface area contributed by atoms with Gasteiger partial charge < -0.3 is 4.90 Å². The molecule has 2 atom stereocenters. The summed E-state index contributed by atoms with van der Waals surface area (Å²) in [5.41, 5.74) is 2.66. The van der Waals surface area contributed by atoms with E-state index in [2.05, 4.69) is 36.1 Å². The maximum Gasteiger partial charge on any atom is 0.137 e. The Morgan fingerprint density at radius 2 is 1.75 bits per heavy atom. The molecule has 2 bridgehead atoms. The van der Waals surface area contributed by atoms with Crippen LogP contribution in [0.5, 0.6) is 0 Å². The zero-order valence-corrected chi connectivity index (χ0v) is 9.65. The van der Waals surface area contributed by atoms with Gasteiger partial charge in [0.1, 0.15) is 5.78 Å². The second-order valence-corrected chi connectivity index (χ2v) is 5.03. The summed E-state index contributed by atoms with van der Waals surface area (Å²) in [6.45, 7) is 2.16. The number of benzene rings is 1. The monoisotopic (exact) mass is 215 g/mol. The lowest BCUT2D eigenvalue weighted by Crippen LogP contribution is -2.43. The van der Waals surface area contributed by atoms with Crippen molar-refractivity contribution in [3.8, 4) is 0 Å². The fourth-order valence-corrected chi connectivity index (χ4v) is 3.22. The standard InChI is InChI=1S/C14H17NO/c1-10-4-2-3-5-14(10)15-11-6-7-12(15)9-13(16)8-11/h2-5,11-12H,6-9H2,1H3. The van der Waals surface area contributed by atoms with Crippen LogP contribution in [-0.2, 0) is 4.79 Å². The molecule has 2 fully saturated rings. The third-order valence-electron chi connectivity index (χ3n) is 3.94. The Morgan fingerprint density at radius 1 is 1.12 bits per heavy atom. The highest BCUT2D eigenvalue weighted by molar-refractivity contribution is 5.83. The van der Waals surface area contributed by atoms with Gasteiger partial charge in [0.15, 0.2) is 0 Å². The molecular weight excluding hydrogens is 198 g/mol. The number of rotatable bonds is 1. The Morgan fingerprint density at radius 3 is 2.38 bits per heavy atom. The number of para-hydroxylation sites is 1. The molecule has 2 heteroatoms. The van der Waals surface area contributed by atoms with Crippen LogP contribution in [0.15, 0.2) is 24.3 Å². The Bertz CT molecular complexity index is 410. The lowest BCUT2D eigenvalue weighted by atomic mass is 9.99. The maximum absolute atomic E-state index is 11.6. The summed E-state index contributed by atoms with van der Waals surface area (Å²) in [7, 11) is 0. The topological polar surface area (TPSA) is 20.3 Å². The Kier molecular flexibility index (Phi) is 2.23. The van der Waals surface area contributed by atoms with Crippen molar-refractivity contribution in [3.05, 3.63) is 29.8 Å². The molecular formula is C14H17NO. The minimum atomic E-state index is 0.456. The largest absolute Gasteiger partial charge is 0.364 e. The van der Waals surface area contributed by atoms with Crippen molar-refractivity contribution >= 4 is 11.5 Å². The molecule has 2 unspecified atom stereocenters. The molecule has 84 valence electrons. The quantitative estimate of drug-likeness (QED) is 0.718. The number of anilines is 1. The van der Waals surface area contributed by atoms with Gasteiger partial charge in [-0.2, -0.15) is 0 Å². The summed E-state index contributed by atoms with van der Waals surface area (Å²) in [5.74, 6) is 0.456. The molecule has 1 aromatic rings. The molecule has 2 aliphatic heterocycles. The molecule has 3 rings (SSSR count). The average Bonchev–Trinajstić information content (AvgIpc) is 2.53. The van der Waals surface area contributed by atoms with Crippen LogP contribution in [0.25, 0.3) is 0 Å². The zero-order valence-electron chi connectivity index (χ0n) is 9.65. The first-order valence-electron chi connectivity index (χ1n) is 6.11. The normalized spacial score (nSPS) is 28.6. The minimum Gasteiger partial charge on any atom is -0.364 e. The van der Waals surface area contributed by atoms with Gasteiger partial charge in [0.2, 0.25) is 0 Å². The number of ketones is 1. The second kappa shape index (κ2) is 3.62. The fourth-order valence-electron chi connectivity index (χ4n) is 3.22. The van der Waals surface area contributed by atoms with Crippen LogP contribution < -0.4 is 4.90 Å². The van der Waals surface area contributed by atoms with Crippen molar-refractivity contribution in [3.63, 3.8) is 0 Å². The van der Waals surface area contributed by atoms with E-state index in [0.717, 1.165) is 12.8 Å². The number of piperidine rings is 1. The average molecular weight is 215 g/mol. The summed E-state index contributed by atoms with van der Waals surface area (Å²) < 4.78 is 0. The van der Waals surface area contributed by atoms with Gasteiger partial charge in [0, 0.05) is 30.6 Å². The van der Waals surface area contributed by atoms with Crippen LogP contribution >= 0.6 is 0 Å². The van der Waals surface area contributed by atoms with Crippen molar-refractivity contribution in [2.24, 2.45) is 0 Å². The number of carbonyl (C=O) groups excluding carboxylic acids is 1. The third kappa shape index (κ3) is 1.44. The fraction of sp³-hybridized carbons (Fsp3) is 0.500. The van der Waals surface area contributed by atoms with Gasteiger partial charge in [-0.1, -0.05) is 18.2 Å². The van der Waals surface area contributed by atoms with Crippen LogP contribution in [0.1, 0.15) is 31.2 Å².